The van der Waals surface area contributed by atoms with Crippen molar-refractivity contribution in [3.8, 4) is 33.9 Å². The number of nitrogens with zero attached hydrogens (tertiary/aromatic N) is 5. The molecule has 0 saturated carbocycles. The highest BCUT2D eigenvalue weighted by molar-refractivity contribution is 9.10. The van der Waals surface area contributed by atoms with E-state index in [-0.39, 0.29) is 22.7 Å². The van der Waals surface area contributed by atoms with Crippen LogP contribution in [-0.4, -0.2) is 24.0 Å². The predicted molar refractivity (Wildman–Crippen MR) is 118 cm³/mol. The Morgan fingerprint density at radius 3 is 2.48 bits per heavy atom. The largest absolute Gasteiger partial charge is 0.432 e. The molecule has 33 heavy (non-hydrogen) atoms. The molecular weight excluding hydrogens is 499 g/mol. The molecule has 0 N–H and O–H groups in total. The van der Waals surface area contributed by atoms with Crippen LogP contribution >= 0.6 is 15.9 Å². The first-order valence-corrected chi connectivity index (χ1v) is 10.5. The zero-order chi connectivity index (χ0) is 22.7. The van der Waals surface area contributed by atoms with E-state index in [1.54, 1.807) is 45.5 Å². The monoisotopic (exact) mass is 509 g/mol. The van der Waals surface area contributed by atoms with Gasteiger partial charge in [0, 0.05) is 34.1 Å². The van der Waals surface area contributed by atoms with Crippen molar-refractivity contribution in [3.05, 3.63) is 89.1 Å². The molecule has 4 aromatic heterocycles. The molecule has 6 aromatic rings. The van der Waals surface area contributed by atoms with E-state index >= 15 is 0 Å². The Labute approximate surface area is 192 Å². The van der Waals surface area contributed by atoms with E-state index in [1.807, 2.05) is 0 Å². The Bertz CT molecular complexity index is 1690. The highest BCUT2D eigenvalue weighted by atomic mass is 79.9. The lowest BCUT2D eigenvalue weighted by molar-refractivity contribution is 0.585. The number of benzene rings is 2. The number of rotatable bonds is 3. The topological polar surface area (TPSA) is 60.6 Å². The van der Waals surface area contributed by atoms with Crippen LogP contribution in [-0.2, 0) is 0 Å². The fraction of sp³-hybridized carbons (Fsp3) is 0. The van der Waals surface area contributed by atoms with Crippen molar-refractivity contribution < 1.29 is 17.6 Å². The molecular formula is C23H11BrF3N5O. The van der Waals surface area contributed by atoms with Crippen LogP contribution in [0.25, 0.3) is 45.4 Å². The molecule has 0 spiro atoms. The molecule has 0 unspecified atom stereocenters. The van der Waals surface area contributed by atoms with Gasteiger partial charge in [0.1, 0.15) is 29.4 Å². The Balaban J connectivity index is 1.60. The Morgan fingerprint density at radius 1 is 0.848 bits per heavy atom. The summed E-state index contributed by atoms with van der Waals surface area (Å²) in [6.07, 6.45) is 4.82. The van der Waals surface area contributed by atoms with E-state index in [0.29, 0.717) is 27.2 Å². The van der Waals surface area contributed by atoms with Crippen LogP contribution in [0.3, 0.4) is 0 Å². The highest BCUT2D eigenvalue weighted by Crippen LogP contribution is 2.35. The number of pyridine rings is 1. The van der Waals surface area contributed by atoms with Crippen molar-refractivity contribution in [1.29, 1.82) is 0 Å². The van der Waals surface area contributed by atoms with Gasteiger partial charge in [0.15, 0.2) is 11.5 Å². The SMILES string of the molecule is Fc1ccc(-c2nc3occn3c2-c2ccc3nnc(-c4ccc(Br)cc4F)n3c2)c(F)c1. The van der Waals surface area contributed by atoms with Crippen molar-refractivity contribution in [2.45, 2.75) is 0 Å². The van der Waals surface area contributed by atoms with Crippen molar-refractivity contribution in [2.75, 3.05) is 0 Å². The molecule has 0 bridgehead atoms. The summed E-state index contributed by atoms with van der Waals surface area (Å²) in [7, 11) is 0. The number of halogens is 4. The third-order valence-electron chi connectivity index (χ3n) is 5.30. The van der Waals surface area contributed by atoms with Crippen LogP contribution in [0.5, 0.6) is 0 Å². The fourth-order valence-corrected chi connectivity index (χ4v) is 4.15. The summed E-state index contributed by atoms with van der Waals surface area (Å²) in [4.78, 5) is 4.41. The molecule has 0 fully saturated rings. The van der Waals surface area contributed by atoms with Crippen LogP contribution in [0.1, 0.15) is 0 Å². The first-order chi connectivity index (χ1) is 16.0. The number of aromatic nitrogens is 5. The number of oxazole rings is 1. The van der Waals surface area contributed by atoms with Gasteiger partial charge in [-0.2, -0.15) is 4.98 Å². The molecule has 162 valence electrons. The van der Waals surface area contributed by atoms with Gasteiger partial charge in [-0.15, -0.1) is 10.2 Å². The maximum absolute atomic E-state index is 14.6. The van der Waals surface area contributed by atoms with Gasteiger partial charge in [0.2, 0.25) is 0 Å². The molecule has 0 aliphatic carbocycles. The minimum Gasteiger partial charge on any atom is -0.432 e. The van der Waals surface area contributed by atoms with E-state index in [0.717, 1.165) is 6.07 Å². The van der Waals surface area contributed by atoms with Crippen molar-refractivity contribution in [3.63, 3.8) is 0 Å². The van der Waals surface area contributed by atoms with E-state index in [4.69, 9.17) is 4.42 Å². The van der Waals surface area contributed by atoms with Gasteiger partial charge in [0.25, 0.3) is 0 Å². The predicted octanol–water partition coefficient (Wildman–Crippen LogP) is 6.15. The molecule has 0 amide bonds. The molecule has 2 aromatic carbocycles. The molecule has 0 aliphatic heterocycles. The lowest BCUT2D eigenvalue weighted by Crippen LogP contribution is -1.96. The summed E-state index contributed by atoms with van der Waals surface area (Å²) < 4.78 is 52.1. The van der Waals surface area contributed by atoms with E-state index < -0.39 is 17.5 Å². The summed E-state index contributed by atoms with van der Waals surface area (Å²) in [5.41, 5.74) is 2.30. The van der Waals surface area contributed by atoms with E-state index in [9.17, 15) is 13.2 Å². The summed E-state index contributed by atoms with van der Waals surface area (Å²) in [6, 6.07) is 11.5. The van der Waals surface area contributed by atoms with Gasteiger partial charge in [-0.05, 0) is 42.5 Å². The van der Waals surface area contributed by atoms with Crippen molar-refractivity contribution in [1.82, 2.24) is 24.0 Å². The Morgan fingerprint density at radius 2 is 1.67 bits per heavy atom. The average Bonchev–Trinajstić information content (AvgIpc) is 3.48. The third-order valence-corrected chi connectivity index (χ3v) is 5.79. The van der Waals surface area contributed by atoms with Crippen molar-refractivity contribution >= 4 is 27.4 Å². The molecule has 6 nitrogen and oxygen atoms in total. The van der Waals surface area contributed by atoms with Crippen molar-refractivity contribution in [2.24, 2.45) is 0 Å². The fourth-order valence-electron chi connectivity index (χ4n) is 3.82. The number of hydrogen-bond acceptors (Lipinski definition) is 4. The van der Waals surface area contributed by atoms with Gasteiger partial charge >= 0.3 is 5.84 Å². The Kier molecular flexibility index (Phi) is 4.37. The summed E-state index contributed by atoms with van der Waals surface area (Å²) in [5.74, 6) is -1.35. The molecule has 0 radical (unpaired) electrons. The maximum Gasteiger partial charge on any atom is 0.306 e. The molecule has 10 heteroatoms. The molecule has 0 atom stereocenters. The summed E-state index contributed by atoms with van der Waals surface area (Å²) in [5, 5.41) is 8.28. The van der Waals surface area contributed by atoms with Crippen LogP contribution < -0.4 is 0 Å². The molecule has 0 aliphatic rings. The highest BCUT2D eigenvalue weighted by Gasteiger charge is 2.22. The second-order valence-electron chi connectivity index (χ2n) is 7.28. The third kappa shape index (κ3) is 3.13. The standard InChI is InChI=1S/C23H11BrF3N5O/c24-13-2-4-16(17(26)9-13)22-30-29-19-6-1-12(11-32(19)22)21-20(28-23-31(21)7-8-33-23)15-5-3-14(25)10-18(15)27/h1-11H. The van der Waals surface area contributed by atoms with Gasteiger partial charge in [-0.25, -0.2) is 13.2 Å². The minimum absolute atomic E-state index is 0.119. The van der Waals surface area contributed by atoms with Crippen LogP contribution in [0.2, 0.25) is 0 Å². The lowest BCUT2D eigenvalue weighted by atomic mass is 10.1. The first kappa shape index (κ1) is 19.7. The lowest BCUT2D eigenvalue weighted by Gasteiger charge is -2.08. The number of hydrogen-bond donors (Lipinski definition) is 0. The molecule has 4 heterocycles. The average molecular weight is 510 g/mol. The summed E-state index contributed by atoms with van der Waals surface area (Å²) >= 11 is 3.25. The maximum atomic E-state index is 14.6. The van der Waals surface area contributed by atoms with Crippen LogP contribution in [0.15, 0.2) is 76.1 Å². The smallest absolute Gasteiger partial charge is 0.306 e. The molecule has 6 rings (SSSR count). The normalized spacial score (nSPS) is 11.6. The number of imidazole rings is 1. The second kappa shape index (κ2) is 7.31. The number of fused-ring (bicyclic) bond motifs is 2. The summed E-state index contributed by atoms with van der Waals surface area (Å²) in [6.45, 7) is 0. The quantitative estimate of drug-likeness (QED) is 0.287. The Hall–Kier alpha value is -3.92. The zero-order valence-corrected chi connectivity index (χ0v) is 18.1. The van der Waals surface area contributed by atoms with Gasteiger partial charge < -0.3 is 4.42 Å². The second-order valence-corrected chi connectivity index (χ2v) is 8.20. The first-order valence-electron chi connectivity index (χ1n) is 9.71. The van der Waals surface area contributed by atoms with Crippen LogP contribution in [0, 0.1) is 17.5 Å². The zero-order valence-electron chi connectivity index (χ0n) is 16.5. The van der Waals surface area contributed by atoms with Gasteiger partial charge in [-0.1, -0.05) is 15.9 Å². The minimum atomic E-state index is -0.750. The molecule has 0 saturated heterocycles. The van der Waals surface area contributed by atoms with Crippen LogP contribution in [0.4, 0.5) is 13.2 Å². The van der Waals surface area contributed by atoms with Gasteiger partial charge in [0.05, 0.1) is 11.3 Å². The van der Waals surface area contributed by atoms with E-state index in [1.165, 1.54) is 24.5 Å². The van der Waals surface area contributed by atoms with Gasteiger partial charge in [-0.3, -0.25) is 8.80 Å². The van der Waals surface area contributed by atoms with E-state index in [2.05, 4.69) is 31.1 Å².